The van der Waals surface area contributed by atoms with Gasteiger partial charge in [0.2, 0.25) is 0 Å². The second-order valence-electron chi connectivity index (χ2n) is 6.00. The molecular formula is C18H20N2O5S. The lowest BCUT2D eigenvalue weighted by Crippen LogP contribution is -2.36. The Hall–Kier alpha value is -2.58. The number of carboxylic acid groups (broad SMARTS) is 1. The number of ether oxygens (including phenoxy) is 1. The average molecular weight is 376 g/mol. The van der Waals surface area contributed by atoms with Gasteiger partial charge in [-0.15, -0.1) is 0 Å². The van der Waals surface area contributed by atoms with Gasteiger partial charge in [0.25, 0.3) is 10.0 Å². The lowest BCUT2D eigenvalue weighted by molar-refractivity contribution is 0.0696. The molecule has 3 rings (SSSR count). The number of anilines is 2. The van der Waals surface area contributed by atoms with Crippen molar-refractivity contribution in [2.24, 2.45) is 0 Å². The van der Waals surface area contributed by atoms with Gasteiger partial charge in [-0.3, -0.25) is 4.72 Å². The van der Waals surface area contributed by atoms with E-state index in [9.17, 15) is 18.3 Å². The Morgan fingerprint density at radius 1 is 1.15 bits per heavy atom. The highest BCUT2D eigenvalue weighted by Crippen LogP contribution is 2.29. The van der Waals surface area contributed by atoms with E-state index in [1.807, 2.05) is 12.1 Å². The SMILES string of the molecule is Cc1ccc(S(=O)(=O)Nc2ccccc2N2CCOCC2)cc1C(=O)O. The Morgan fingerprint density at radius 3 is 2.54 bits per heavy atom. The minimum atomic E-state index is -3.92. The number of nitrogens with one attached hydrogen (secondary N) is 1. The smallest absolute Gasteiger partial charge is 0.335 e. The molecule has 0 radical (unpaired) electrons. The standard InChI is InChI=1S/C18H20N2O5S/c1-13-6-7-14(12-15(13)18(21)22)26(23,24)19-16-4-2-3-5-17(16)20-8-10-25-11-9-20/h2-7,12,19H,8-11H2,1H3,(H,21,22). The lowest BCUT2D eigenvalue weighted by Gasteiger charge is -2.30. The zero-order valence-electron chi connectivity index (χ0n) is 14.3. The molecule has 0 saturated carbocycles. The third kappa shape index (κ3) is 3.81. The van der Waals surface area contributed by atoms with Crippen molar-refractivity contribution in [1.82, 2.24) is 0 Å². The fourth-order valence-corrected chi connectivity index (χ4v) is 3.94. The number of aromatic carboxylic acids is 1. The van der Waals surface area contributed by atoms with Gasteiger partial charge in [0.05, 0.1) is 35.0 Å². The molecule has 2 N–H and O–H groups in total. The van der Waals surface area contributed by atoms with E-state index < -0.39 is 16.0 Å². The van der Waals surface area contributed by atoms with E-state index in [2.05, 4.69) is 9.62 Å². The zero-order valence-corrected chi connectivity index (χ0v) is 15.1. The summed E-state index contributed by atoms with van der Waals surface area (Å²) in [5.74, 6) is -1.16. The van der Waals surface area contributed by atoms with E-state index in [4.69, 9.17) is 4.74 Å². The normalized spacial score (nSPS) is 14.9. The molecule has 0 aromatic heterocycles. The van der Waals surface area contributed by atoms with E-state index in [0.717, 1.165) is 5.69 Å². The van der Waals surface area contributed by atoms with Crippen molar-refractivity contribution in [3.8, 4) is 0 Å². The summed E-state index contributed by atoms with van der Waals surface area (Å²) in [6.07, 6.45) is 0. The number of para-hydroxylation sites is 2. The molecule has 0 atom stereocenters. The van der Waals surface area contributed by atoms with Gasteiger partial charge in [0, 0.05) is 13.1 Å². The Labute approximate surface area is 152 Å². The summed E-state index contributed by atoms with van der Waals surface area (Å²) < 4.78 is 33.5. The molecule has 2 aromatic rings. The topological polar surface area (TPSA) is 95.9 Å². The van der Waals surface area contributed by atoms with Crippen LogP contribution in [0.1, 0.15) is 15.9 Å². The molecule has 1 saturated heterocycles. The minimum Gasteiger partial charge on any atom is -0.478 e. The monoisotopic (exact) mass is 376 g/mol. The summed E-state index contributed by atoms with van der Waals surface area (Å²) in [5, 5.41) is 9.23. The van der Waals surface area contributed by atoms with E-state index in [1.54, 1.807) is 19.1 Å². The Bertz CT molecular complexity index is 921. The van der Waals surface area contributed by atoms with Gasteiger partial charge in [-0.25, -0.2) is 13.2 Å². The number of sulfonamides is 1. The van der Waals surface area contributed by atoms with Crippen LogP contribution in [-0.2, 0) is 14.8 Å². The first-order valence-corrected chi connectivity index (χ1v) is 9.65. The van der Waals surface area contributed by atoms with Gasteiger partial charge in [-0.1, -0.05) is 18.2 Å². The lowest BCUT2D eigenvalue weighted by atomic mass is 10.1. The quantitative estimate of drug-likeness (QED) is 0.831. The summed E-state index contributed by atoms with van der Waals surface area (Å²) in [6, 6.07) is 11.2. The highest BCUT2D eigenvalue weighted by molar-refractivity contribution is 7.92. The van der Waals surface area contributed by atoms with Crippen molar-refractivity contribution in [2.45, 2.75) is 11.8 Å². The van der Waals surface area contributed by atoms with Gasteiger partial charge in [-0.2, -0.15) is 0 Å². The third-order valence-corrected chi connectivity index (χ3v) is 5.61. The number of morpholine rings is 1. The minimum absolute atomic E-state index is 0.0330. The van der Waals surface area contributed by atoms with Crippen molar-refractivity contribution in [1.29, 1.82) is 0 Å². The van der Waals surface area contributed by atoms with E-state index >= 15 is 0 Å². The number of carboxylic acids is 1. The summed E-state index contributed by atoms with van der Waals surface area (Å²) in [7, 11) is -3.92. The molecule has 7 nitrogen and oxygen atoms in total. The maximum absolute atomic E-state index is 12.8. The number of benzene rings is 2. The highest BCUT2D eigenvalue weighted by Gasteiger charge is 2.21. The van der Waals surface area contributed by atoms with Crippen LogP contribution in [0.15, 0.2) is 47.4 Å². The maximum atomic E-state index is 12.8. The number of carbonyl (C=O) groups is 1. The van der Waals surface area contributed by atoms with Gasteiger partial charge < -0.3 is 14.7 Å². The largest absolute Gasteiger partial charge is 0.478 e. The summed E-state index contributed by atoms with van der Waals surface area (Å²) in [4.78, 5) is 13.3. The molecule has 138 valence electrons. The van der Waals surface area contributed by atoms with Crippen LogP contribution >= 0.6 is 0 Å². The van der Waals surface area contributed by atoms with E-state index in [-0.39, 0.29) is 10.5 Å². The van der Waals surface area contributed by atoms with Crippen molar-refractivity contribution < 1.29 is 23.1 Å². The van der Waals surface area contributed by atoms with E-state index in [0.29, 0.717) is 37.6 Å². The Morgan fingerprint density at radius 2 is 1.85 bits per heavy atom. The zero-order chi connectivity index (χ0) is 18.7. The maximum Gasteiger partial charge on any atom is 0.335 e. The number of aryl methyl sites for hydroxylation is 1. The fourth-order valence-electron chi connectivity index (χ4n) is 2.84. The molecule has 0 unspecified atom stereocenters. The molecule has 8 heteroatoms. The average Bonchev–Trinajstić information content (AvgIpc) is 2.62. The molecule has 26 heavy (non-hydrogen) atoms. The van der Waals surface area contributed by atoms with Crippen LogP contribution in [0.3, 0.4) is 0 Å². The third-order valence-electron chi connectivity index (χ3n) is 4.25. The fraction of sp³-hybridized carbons (Fsp3) is 0.278. The molecule has 1 aliphatic rings. The number of hydrogen-bond donors (Lipinski definition) is 2. The van der Waals surface area contributed by atoms with E-state index in [1.165, 1.54) is 18.2 Å². The van der Waals surface area contributed by atoms with Gasteiger partial charge in [0.1, 0.15) is 0 Å². The second kappa shape index (κ2) is 7.35. The molecule has 0 bridgehead atoms. The van der Waals surface area contributed by atoms with Crippen molar-refractivity contribution in [3.63, 3.8) is 0 Å². The summed E-state index contributed by atoms with van der Waals surface area (Å²) >= 11 is 0. The first-order chi connectivity index (χ1) is 12.4. The summed E-state index contributed by atoms with van der Waals surface area (Å²) in [5.41, 5.74) is 1.69. The molecule has 0 aliphatic carbocycles. The Balaban J connectivity index is 1.93. The molecular weight excluding hydrogens is 356 g/mol. The van der Waals surface area contributed by atoms with Crippen molar-refractivity contribution >= 4 is 27.4 Å². The number of rotatable bonds is 5. The molecule has 1 fully saturated rings. The van der Waals surface area contributed by atoms with Crippen LogP contribution < -0.4 is 9.62 Å². The van der Waals surface area contributed by atoms with Crippen LogP contribution in [0.5, 0.6) is 0 Å². The Kier molecular flexibility index (Phi) is 5.15. The molecule has 0 spiro atoms. The van der Waals surface area contributed by atoms with Crippen LogP contribution in [0.25, 0.3) is 0 Å². The number of nitrogens with zero attached hydrogens (tertiary/aromatic N) is 1. The van der Waals surface area contributed by atoms with Crippen LogP contribution in [-0.4, -0.2) is 45.8 Å². The predicted molar refractivity (Wildman–Crippen MR) is 98.4 cm³/mol. The molecule has 1 heterocycles. The van der Waals surface area contributed by atoms with Crippen LogP contribution in [0.4, 0.5) is 11.4 Å². The first kappa shape index (κ1) is 18.2. The molecule has 0 amide bonds. The van der Waals surface area contributed by atoms with Crippen molar-refractivity contribution in [3.05, 3.63) is 53.6 Å². The van der Waals surface area contributed by atoms with Crippen molar-refractivity contribution in [2.75, 3.05) is 35.9 Å². The van der Waals surface area contributed by atoms with Gasteiger partial charge >= 0.3 is 5.97 Å². The highest BCUT2D eigenvalue weighted by atomic mass is 32.2. The molecule has 2 aromatic carbocycles. The predicted octanol–water partition coefficient (Wildman–Crippen LogP) is 2.33. The van der Waals surface area contributed by atoms with Gasteiger partial charge in [0.15, 0.2) is 0 Å². The second-order valence-corrected chi connectivity index (χ2v) is 7.69. The van der Waals surface area contributed by atoms with Crippen LogP contribution in [0.2, 0.25) is 0 Å². The number of hydrogen-bond acceptors (Lipinski definition) is 5. The summed E-state index contributed by atoms with van der Waals surface area (Å²) in [6.45, 7) is 4.14. The van der Waals surface area contributed by atoms with Gasteiger partial charge in [-0.05, 0) is 36.8 Å². The first-order valence-electron chi connectivity index (χ1n) is 8.17. The molecule has 1 aliphatic heterocycles. The van der Waals surface area contributed by atoms with Crippen LogP contribution in [0, 0.1) is 6.92 Å².